The van der Waals surface area contributed by atoms with Gasteiger partial charge in [0.05, 0.1) is 7.11 Å². The Morgan fingerprint density at radius 2 is 1.61 bits per heavy atom. The van der Waals surface area contributed by atoms with Crippen LogP contribution in [0, 0.1) is 0 Å². The highest BCUT2D eigenvalue weighted by molar-refractivity contribution is 6.18. The summed E-state index contributed by atoms with van der Waals surface area (Å²) in [5.74, 6) is -1.59. The topological polar surface area (TPSA) is 61.8 Å². The van der Waals surface area contributed by atoms with Crippen molar-refractivity contribution < 1.29 is 23.8 Å². The van der Waals surface area contributed by atoms with Crippen LogP contribution in [0.25, 0.3) is 6.08 Å². The third-order valence-electron chi connectivity index (χ3n) is 4.64. The van der Waals surface area contributed by atoms with E-state index in [9.17, 15) is 9.59 Å². The molecule has 2 aromatic rings. The maximum atomic E-state index is 12.3. The minimum absolute atomic E-state index is 0.0941. The fourth-order valence-electron chi connectivity index (χ4n) is 3.25. The third-order valence-corrected chi connectivity index (χ3v) is 4.64. The highest BCUT2D eigenvalue weighted by atomic mass is 16.7. The average molecular weight is 380 g/mol. The summed E-state index contributed by atoms with van der Waals surface area (Å²) in [6.07, 6.45) is 2.37. The summed E-state index contributed by atoms with van der Waals surface area (Å²) in [6, 6.07) is 15.7. The molecule has 5 heteroatoms. The largest absolute Gasteiger partial charge is 0.497 e. The second kappa shape index (κ2) is 7.89. The van der Waals surface area contributed by atoms with E-state index in [4.69, 9.17) is 14.2 Å². The van der Waals surface area contributed by atoms with Gasteiger partial charge in [-0.3, -0.25) is 0 Å². The Kier molecular flexibility index (Phi) is 5.54. The van der Waals surface area contributed by atoms with Crippen molar-refractivity contribution >= 4 is 18.0 Å². The van der Waals surface area contributed by atoms with Crippen molar-refractivity contribution in [1.82, 2.24) is 0 Å². The van der Waals surface area contributed by atoms with Crippen LogP contribution in [0.3, 0.4) is 0 Å². The summed E-state index contributed by atoms with van der Waals surface area (Å²) in [5, 5.41) is 0. The zero-order valence-electron chi connectivity index (χ0n) is 16.5. The minimum atomic E-state index is -1.24. The molecule has 1 aliphatic rings. The first kappa shape index (κ1) is 19.7. The van der Waals surface area contributed by atoms with Gasteiger partial charge in [0.1, 0.15) is 11.3 Å². The summed E-state index contributed by atoms with van der Waals surface area (Å²) >= 11 is 0. The van der Waals surface area contributed by atoms with E-state index in [0.29, 0.717) is 0 Å². The summed E-state index contributed by atoms with van der Waals surface area (Å²) in [6.45, 7) is 5.18. The molecule has 1 atom stereocenters. The molecule has 0 aliphatic carbocycles. The molecule has 0 saturated carbocycles. The number of esters is 2. The second-order valence-corrected chi connectivity index (χ2v) is 7.32. The minimum Gasteiger partial charge on any atom is -0.497 e. The van der Waals surface area contributed by atoms with Gasteiger partial charge in [-0.25, -0.2) is 9.59 Å². The van der Waals surface area contributed by atoms with Crippen LogP contribution in [0.1, 0.15) is 43.4 Å². The van der Waals surface area contributed by atoms with Crippen molar-refractivity contribution in [2.45, 2.75) is 38.9 Å². The SMILES string of the molecule is COc1ccc(CC(C)c2ccccc2C=C2C(=O)OC(C)(C)OC2=O)cc1. The van der Waals surface area contributed by atoms with Crippen LogP contribution in [0.2, 0.25) is 0 Å². The number of methoxy groups -OCH3 is 1. The monoisotopic (exact) mass is 380 g/mol. The zero-order valence-corrected chi connectivity index (χ0v) is 16.5. The van der Waals surface area contributed by atoms with Crippen LogP contribution in [-0.4, -0.2) is 24.8 Å². The lowest BCUT2D eigenvalue weighted by atomic mass is 9.89. The molecule has 0 N–H and O–H groups in total. The highest BCUT2D eigenvalue weighted by Gasteiger charge is 2.39. The predicted molar refractivity (Wildman–Crippen MR) is 106 cm³/mol. The Labute approximate surface area is 164 Å². The Morgan fingerprint density at radius 1 is 1.00 bits per heavy atom. The third kappa shape index (κ3) is 4.42. The van der Waals surface area contributed by atoms with Gasteiger partial charge in [0.25, 0.3) is 5.79 Å². The van der Waals surface area contributed by atoms with E-state index in [2.05, 4.69) is 6.92 Å². The number of rotatable bonds is 5. The Hall–Kier alpha value is -3.08. The molecule has 0 spiro atoms. The number of hydrogen-bond acceptors (Lipinski definition) is 5. The first-order valence-electron chi connectivity index (χ1n) is 9.19. The van der Waals surface area contributed by atoms with Crippen LogP contribution in [0.15, 0.2) is 54.1 Å². The lowest BCUT2D eigenvalue weighted by molar-refractivity contribution is -0.222. The second-order valence-electron chi connectivity index (χ2n) is 7.32. The summed E-state index contributed by atoms with van der Waals surface area (Å²) in [5.41, 5.74) is 2.92. The van der Waals surface area contributed by atoms with Gasteiger partial charge in [-0.1, -0.05) is 43.3 Å². The Morgan fingerprint density at radius 3 is 2.21 bits per heavy atom. The first-order chi connectivity index (χ1) is 13.3. The van der Waals surface area contributed by atoms with Crippen molar-refractivity contribution in [2.75, 3.05) is 7.11 Å². The van der Waals surface area contributed by atoms with Crippen molar-refractivity contribution in [2.24, 2.45) is 0 Å². The van der Waals surface area contributed by atoms with Gasteiger partial charge in [-0.05, 0) is 47.2 Å². The molecule has 5 nitrogen and oxygen atoms in total. The summed E-state index contributed by atoms with van der Waals surface area (Å²) in [7, 11) is 1.64. The number of carbonyl (C=O) groups excluding carboxylic acids is 2. The van der Waals surface area contributed by atoms with Gasteiger partial charge in [-0.2, -0.15) is 0 Å². The van der Waals surface area contributed by atoms with E-state index in [-0.39, 0.29) is 11.5 Å². The van der Waals surface area contributed by atoms with E-state index >= 15 is 0 Å². The number of carbonyl (C=O) groups is 2. The first-order valence-corrected chi connectivity index (χ1v) is 9.19. The van der Waals surface area contributed by atoms with Gasteiger partial charge < -0.3 is 14.2 Å². The summed E-state index contributed by atoms with van der Waals surface area (Å²) < 4.78 is 15.6. The Bertz CT molecular complexity index is 887. The van der Waals surface area contributed by atoms with Crippen molar-refractivity contribution in [1.29, 1.82) is 0 Å². The Balaban J connectivity index is 1.86. The predicted octanol–water partition coefficient (Wildman–Crippen LogP) is 4.26. The molecular formula is C23H24O5. The van der Waals surface area contributed by atoms with Gasteiger partial charge in [0, 0.05) is 13.8 Å². The molecule has 1 heterocycles. The number of hydrogen-bond donors (Lipinski definition) is 0. The van der Waals surface area contributed by atoms with Crippen molar-refractivity contribution in [3.05, 3.63) is 70.8 Å². The van der Waals surface area contributed by atoms with Gasteiger partial charge in [-0.15, -0.1) is 0 Å². The molecule has 2 aromatic carbocycles. The van der Waals surface area contributed by atoms with Crippen LogP contribution >= 0.6 is 0 Å². The van der Waals surface area contributed by atoms with E-state index in [1.807, 2.05) is 48.5 Å². The molecule has 0 aromatic heterocycles. The van der Waals surface area contributed by atoms with Gasteiger partial charge in [0.15, 0.2) is 0 Å². The fourth-order valence-corrected chi connectivity index (χ4v) is 3.25. The quantitative estimate of drug-likeness (QED) is 0.441. The molecule has 1 saturated heterocycles. The molecule has 1 aliphatic heterocycles. The maximum absolute atomic E-state index is 12.3. The van der Waals surface area contributed by atoms with E-state index in [1.165, 1.54) is 19.4 Å². The average Bonchev–Trinajstić information content (AvgIpc) is 2.65. The molecule has 28 heavy (non-hydrogen) atoms. The molecule has 1 unspecified atom stereocenters. The standard InChI is InChI=1S/C23H24O5/c1-15(13-16-9-11-18(26-4)12-10-16)19-8-6-5-7-17(19)14-20-21(24)27-23(2,3)28-22(20)25/h5-12,14-15H,13H2,1-4H3. The van der Waals surface area contributed by atoms with Crippen LogP contribution < -0.4 is 4.74 Å². The smallest absolute Gasteiger partial charge is 0.348 e. The van der Waals surface area contributed by atoms with Crippen molar-refractivity contribution in [3.63, 3.8) is 0 Å². The molecular weight excluding hydrogens is 356 g/mol. The van der Waals surface area contributed by atoms with Crippen LogP contribution in [-0.2, 0) is 25.5 Å². The molecule has 0 amide bonds. The highest BCUT2D eigenvalue weighted by Crippen LogP contribution is 2.29. The van der Waals surface area contributed by atoms with Gasteiger partial charge >= 0.3 is 11.9 Å². The molecule has 1 fully saturated rings. The van der Waals surface area contributed by atoms with E-state index < -0.39 is 17.7 Å². The lowest BCUT2D eigenvalue weighted by Gasteiger charge is -2.30. The van der Waals surface area contributed by atoms with E-state index in [0.717, 1.165) is 23.3 Å². The zero-order chi connectivity index (χ0) is 20.3. The molecule has 146 valence electrons. The molecule has 0 radical (unpaired) electrons. The number of ether oxygens (including phenoxy) is 3. The maximum Gasteiger partial charge on any atom is 0.348 e. The van der Waals surface area contributed by atoms with E-state index in [1.54, 1.807) is 13.2 Å². The number of cyclic esters (lactones) is 2. The lowest BCUT2D eigenvalue weighted by Crippen LogP contribution is -2.41. The van der Waals surface area contributed by atoms with Crippen LogP contribution in [0.5, 0.6) is 5.75 Å². The van der Waals surface area contributed by atoms with Gasteiger partial charge in [0.2, 0.25) is 0 Å². The van der Waals surface area contributed by atoms with Crippen molar-refractivity contribution in [3.8, 4) is 5.75 Å². The molecule has 0 bridgehead atoms. The van der Waals surface area contributed by atoms with Crippen LogP contribution in [0.4, 0.5) is 0 Å². The normalized spacial score (nSPS) is 16.8. The molecule has 3 rings (SSSR count). The fraction of sp³-hybridized carbons (Fsp3) is 0.304. The summed E-state index contributed by atoms with van der Waals surface area (Å²) in [4.78, 5) is 24.5. The number of benzene rings is 2.